The third-order valence-electron chi connectivity index (χ3n) is 2.53. The molecule has 1 aromatic rings. The van der Waals surface area contributed by atoms with E-state index in [1.54, 1.807) is 6.07 Å². The third kappa shape index (κ3) is 2.05. The standard InChI is InChI=1S/C11H15NO2/c13-11-7-2-1-5-9(11)10-6-3-4-8-14-12-10/h1-2,5,7,10,12-13H,3-4,6,8H2. The maximum atomic E-state index is 9.66. The van der Waals surface area contributed by atoms with E-state index in [2.05, 4.69) is 5.48 Å². The molecular weight excluding hydrogens is 178 g/mol. The Balaban J connectivity index is 2.16. The summed E-state index contributed by atoms with van der Waals surface area (Å²) in [6.07, 6.45) is 3.22. The topological polar surface area (TPSA) is 41.5 Å². The lowest BCUT2D eigenvalue weighted by molar-refractivity contribution is 0.0275. The van der Waals surface area contributed by atoms with Crippen molar-refractivity contribution < 1.29 is 9.94 Å². The summed E-state index contributed by atoms with van der Waals surface area (Å²) in [7, 11) is 0. The largest absolute Gasteiger partial charge is 0.508 e. The van der Waals surface area contributed by atoms with Crippen molar-refractivity contribution in [3.63, 3.8) is 0 Å². The monoisotopic (exact) mass is 193 g/mol. The highest BCUT2D eigenvalue weighted by Gasteiger charge is 2.16. The van der Waals surface area contributed by atoms with Gasteiger partial charge in [0.1, 0.15) is 5.75 Å². The number of phenolic OH excluding ortho intramolecular Hbond substituents is 1. The van der Waals surface area contributed by atoms with Crippen LogP contribution in [-0.4, -0.2) is 11.7 Å². The summed E-state index contributed by atoms with van der Waals surface area (Å²) in [5.74, 6) is 0.343. The van der Waals surface area contributed by atoms with Crippen molar-refractivity contribution in [3.8, 4) is 5.75 Å². The van der Waals surface area contributed by atoms with Crippen molar-refractivity contribution in [2.45, 2.75) is 25.3 Å². The number of benzene rings is 1. The van der Waals surface area contributed by atoms with Gasteiger partial charge in [0.15, 0.2) is 0 Å². The normalized spacial score (nSPS) is 23.0. The number of hydroxylamine groups is 1. The van der Waals surface area contributed by atoms with Crippen LogP contribution >= 0.6 is 0 Å². The number of phenols is 1. The molecule has 0 spiro atoms. The van der Waals surface area contributed by atoms with Gasteiger partial charge in [0.2, 0.25) is 0 Å². The smallest absolute Gasteiger partial charge is 0.120 e. The molecule has 0 aliphatic carbocycles. The van der Waals surface area contributed by atoms with Crippen LogP contribution in [0.4, 0.5) is 0 Å². The first-order valence-corrected chi connectivity index (χ1v) is 5.03. The molecule has 1 aromatic carbocycles. The summed E-state index contributed by atoms with van der Waals surface area (Å²) in [5, 5.41) is 9.66. The predicted molar refractivity (Wildman–Crippen MR) is 53.8 cm³/mol. The fourth-order valence-corrected chi connectivity index (χ4v) is 1.74. The zero-order valence-electron chi connectivity index (χ0n) is 8.07. The molecule has 1 atom stereocenters. The molecule has 0 aromatic heterocycles. The van der Waals surface area contributed by atoms with Gasteiger partial charge < -0.3 is 9.94 Å². The molecule has 14 heavy (non-hydrogen) atoms. The van der Waals surface area contributed by atoms with E-state index < -0.39 is 0 Å². The molecule has 1 unspecified atom stereocenters. The van der Waals surface area contributed by atoms with Crippen LogP contribution in [0.5, 0.6) is 5.75 Å². The third-order valence-corrected chi connectivity index (χ3v) is 2.53. The summed E-state index contributed by atoms with van der Waals surface area (Å²) in [5.41, 5.74) is 3.90. The van der Waals surface area contributed by atoms with E-state index in [-0.39, 0.29) is 6.04 Å². The second-order valence-electron chi connectivity index (χ2n) is 3.57. The Morgan fingerprint density at radius 1 is 1.29 bits per heavy atom. The van der Waals surface area contributed by atoms with Gasteiger partial charge in [0.25, 0.3) is 0 Å². The lowest BCUT2D eigenvalue weighted by Crippen LogP contribution is -2.19. The maximum Gasteiger partial charge on any atom is 0.120 e. The number of rotatable bonds is 1. The summed E-state index contributed by atoms with van der Waals surface area (Å²) >= 11 is 0. The SMILES string of the molecule is Oc1ccccc1C1CCCCON1. The lowest BCUT2D eigenvalue weighted by atomic mass is 10.0. The van der Waals surface area contributed by atoms with E-state index >= 15 is 0 Å². The fraction of sp³-hybridized carbons (Fsp3) is 0.455. The van der Waals surface area contributed by atoms with Gasteiger partial charge in [-0.25, -0.2) is 0 Å². The lowest BCUT2D eigenvalue weighted by Gasteiger charge is -2.16. The molecule has 2 N–H and O–H groups in total. The van der Waals surface area contributed by atoms with Crippen molar-refractivity contribution >= 4 is 0 Å². The highest BCUT2D eigenvalue weighted by molar-refractivity contribution is 5.34. The minimum Gasteiger partial charge on any atom is -0.508 e. The van der Waals surface area contributed by atoms with Crippen LogP contribution in [-0.2, 0) is 4.84 Å². The minimum atomic E-state index is 0.124. The Morgan fingerprint density at radius 3 is 3.00 bits per heavy atom. The average Bonchev–Trinajstić information content (AvgIpc) is 2.47. The van der Waals surface area contributed by atoms with Crippen LogP contribution in [0.1, 0.15) is 30.9 Å². The highest BCUT2D eigenvalue weighted by Crippen LogP contribution is 2.28. The highest BCUT2D eigenvalue weighted by atomic mass is 16.6. The fourth-order valence-electron chi connectivity index (χ4n) is 1.74. The summed E-state index contributed by atoms with van der Waals surface area (Å²) in [6.45, 7) is 0.754. The van der Waals surface area contributed by atoms with E-state index in [4.69, 9.17) is 4.84 Å². The van der Waals surface area contributed by atoms with Gasteiger partial charge >= 0.3 is 0 Å². The average molecular weight is 193 g/mol. The number of hydrogen-bond donors (Lipinski definition) is 2. The van der Waals surface area contributed by atoms with Gasteiger partial charge in [-0.15, -0.1) is 0 Å². The maximum absolute atomic E-state index is 9.66. The van der Waals surface area contributed by atoms with E-state index in [9.17, 15) is 5.11 Å². The molecule has 76 valence electrons. The first-order valence-electron chi connectivity index (χ1n) is 5.03. The Labute approximate surface area is 83.7 Å². The Bertz CT molecular complexity index is 293. The van der Waals surface area contributed by atoms with Gasteiger partial charge in [0.05, 0.1) is 12.6 Å². The van der Waals surface area contributed by atoms with Crippen molar-refractivity contribution in [1.82, 2.24) is 5.48 Å². The quantitative estimate of drug-likeness (QED) is 0.718. The van der Waals surface area contributed by atoms with Crippen LogP contribution in [0.15, 0.2) is 24.3 Å². The number of para-hydroxylation sites is 1. The molecular formula is C11H15NO2. The van der Waals surface area contributed by atoms with E-state index in [1.807, 2.05) is 18.2 Å². The number of hydrogen-bond acceptors (Lipinski definition) is 3. The van der Waals surface area contributed by atoms with Gasteiger partial charge in [0, 0.05) is 5.56 Å². The molecule has 1 heterocycles. The molecule has 3 nitrogen and oxygen atoms in total. The van der Waals surface area contributed by atoms with Gasteiger partial charge in [-0.05, 0) is 25.3 Å². The molecule has 3 heteroatoms. The van der Waals surface area contributed by atoms with E-state index in [0.717, 1.165) is 31.4 Å². The van der Waals surface area contributed by atoms with Crippen LogP contribution in [0, 0.1) is 0 Å². The molecule has 1 fully saturated rings. The van der Waals surface area contributed by atoms with E-state index in [0.29, 0.717) is 5.75 Å². The molecule has 0 radical (unpaired) electrons. The molecule has 2 rings (SSSR count). The summed E-state index contributed by atoms with van der Waals surface area (Å²) in [6, 6.07) is 7.53. The van der Waals surface area contributed by atoms with Crippen LogP contribution in [0.25, 0.3) is 0 Å². The zero-order valence-corrected chi connectivity index (χ0v) is 8.07. The van der Waals surface area contributed by atoms with Crippen molar-refractivity contribution in [2.75, 3.05) is 6.61 Å². The van der Waals surface area contributed by atoms with Gasteiger partial charge in [-0.2, -0.15) is 5.48 Å². The molecule has 0 saturated carbocycles. The first kappa shape index (κ1) is 9.49. The van der Waals surface area contributed by atoms with Crippen LogP contribution in [0.2, 0.25) is 0 Å². The number of nitrogens with one attached hydrogen (secondary N) is 1. The van der Waals surface area contributed by atoms with Crippen molar-refractivity contribution in [2.24, 2.45) is 0 Å². The summed E-state index contributed by atoms with van der Waals surface area (Å²) < 4.78 is 0. The zero-order chi connectivity index (χ0) is 9.80. The molecule has 1 aliphatic rings. The first-order chi connectivity index (χ1) is 6.88. The van der Waals surface area contributed by atoms with Gasteiger partial charge in [-0.1, -0.05) is 18.2 Å². The second-order valence-corrected chi connectivity index (χ2v) is 3.57. The molecule has 0 bridgehead atoms. The van der Waals surface area contributed by atoms with Crippen LogP contribution in [0.3, 0.4) is 0 Å². The second kappa shape index (κ2) is 4.44. The Kier molecular flexibility index (Phi) is 3.01. The van der Waals surface area contributed by atoms with Gasteiger partial charge in [-0.3, -0.25) is 0 Å². The Hall–Kier alpha value is -1.06. The van der Waals surface area contributed by atoms with Crippen molar-refractivity contribution in [3.05, 3.63) is 29.8 Å². The predicted octanol–water partition coefficient (Wildman–Crippen LogP) is 2.14. The summed E-state index contributed by atoms with van der Waals surface area (Å²) in [4.78, 5) is 5.26. The minimum absolute atomic E-state index is 0.124. The Morgan fingerprint density at radius 2 is 2.14 bits per heavy atom. The van der Waals surface area contributed by atoms with Crippen molar-refractivity contribution in [1.29, 1.82) is 0 Å². The molecule has 1 aliphatic heterocycles. The van der Waals surface area contributed by atoms with Crippen LogP contribution < -0.4 is 5.48 Å². The van der Waals surface area contributed by atoms with E-state index in [1.165, 1.54) is 0 Å². The molecule has 0 amide bonds. The molecule has 1 saturated heterocycles. The number of aromatic hydroxyl groups is 1.